The molecule has 2 amide bonds. The van der Waals surface area contributed by atoms with Gasteiger partial charge in [-0.05, 0) is 38.1 Å². The summed E-state index contributed by atoms with van der Waals surface area (Å²) >= 11 is 1.36. The molecule has 3 N–H and O–H groups in total. The molecule has 2 heterocycles. The monoisotopic (exact) mass is 404 g/mol. The van der Waals surface area contributed by atoms with E-state index in [1.165, 1.54) is 11.3 Å². The van der Waals surface area contributed by atoms with Crippen LogP contribution in [0.3, 0.4) is 0 Å². The SMILES string of the molecule is COc1ccc(-c2csc(NC(=O)CN3CCC(C(N)=O)CC3)n2)c(OC)c1. The lowest BCUT2D eigenvalue weighted by Gasteiger charge is -2.29. The smallest absolute Gasteiger partial charge is 0.240 e. The summed E-state index contributed by atoms with van der Waals surface area (Å²) in [6.07, 6.45) is 1.39. The molecule has 2 aromatic rings. The highest BCUT2D eigenvalue weighted by molar-refractivity contribution is 7.14. The van der Waals surface area contributed by atoms with Crippen LogP contribution in [-0.2, 0) is 9.59 Å². The van der Waals surface area contributed by atoms with Crippen molar-refractivity contribution in [1.29, 1.82) is 0 Å². The zero-order valence-electron chi connectivity index (χ0n) is 15.9. The van der Waals surface area contributed by atoms with Gasteiger partial charge in [0.1, 0.15) is 11.5 Å². The van der Waals surface area contributed by atoms with Crippen molar-refractivity contribution in [1.82, 2.24) is 9.88 Å². The summed E-state index contributed by atoms with van der Waals surface area (Å²) in [5.41, 5.74) is 6.90. The Balaban J connectivity index is 1.59. The predicted molar refractivity (Wildman–Crippen MR) is 108 cm³/mol. The van der Waals surface area contributed by atoms with E-state index in [0.717, 1.165) is 11.3 Å². The summed E-state index contributed by atoms with van der Waals surface area (Å²) in [4.78, 5) is 30.1. The highest BCUT2D eigenvalue weighted by Gasteiger charge is 2.24. The van der Waals surface area contributed by atoms with Gasteiger partial charge in [-0.15, -0.1) is 11.3 Å². The number of hydrogen-bond donors (Lipinski definition) is 2. The highest BCUT2D eigenvalue weighted by Crippen LogP contribution is 2.34. The van der Waals surface area contributed by atoms with E-state index in [9.17, 15) is 9.59 Å². The summed E-state index contributed by atoms with van der Waals surface area (Å²) in [5.74, 6) is 0.887. The van der Waals surface area contributed by atoms with Crippen LogP contribution in [0.5, 0.6) is 11.5 Å². The molecule has 3 rings (SSSR count). The first-order valence-electron chi connectivity index (χ1n) is 8.99. The molecule has 0 saturated carbocycles. The first kappa shape index (κ1) is 20.1. The normalized spacial score (nSPS) is 15.2. The third-order valence-corrected chi connectivity index (χ3v) is 5.55. The van der Waals surface area contributed by atoms with E-state index in [2.05, 4.69) is 10.3 Å². The van der Waals surface area contributed by atoms with Crippen molar-refractivity contribution in [3.05, 3.63) is 23.6 Å². The van der Waals surface area contributed by atoms with Gasteiger partial charge in [-0.25, -0.2) is 4.98 Å². The average Bonchev–Trinajstić information content (AvgIpc) is 3.15. The topological polar surface area (TPSA) is 107 Å². The molecule has 1 saturated heterocycles. The number of hydrogen-bond acceptors (Lipinski definition) is 7. The lowest BCUT2D eigenvalue weighted by atomic mass is 9.96. The molecule has 150 valence electrons. The van der Waals surface area contributed by atoms with Crippen LogP contribution in [0.2, 0.25) is 0 Å². The fourth-order valence-electron chi connectivity index (χ4n) is 3.20. The summed E-state index contributed by atoms with van der Waals surface area (Å²) in [6, 6.07) is 5.51. The number of amides is 2. The third kappa shape index (κ3) is 4.79. The molecule has 0 unspecified atom stereocenters. The van der Waals surface area contributed by atoms with E-state index < -0.39 is 0 Å². The third-order valence-electron chi connectivity index (χ3n) is 4.79. The van der Waals surface area contributed by atoms with E-state index in [-0.39, 0.29) is 24.3 Å². The Morgan fingerprint density at radius 2 is 2.04 bits per heavy atom. The lowest BCUT2D eigenvalue weighted by Crippen LogP contribution is -2.42. The fraction of sp³-hybridized carbons (Fsp3) is 0.421. The Bertz CT molecular complexity index is 846. The number of piperidine rings is 1. The van der Waals surface area contributed by atoms with Crippen molar-refractivity contribution in [2.75, 3.05) is 39.2 Å². The molecule has 0 atom stereocenters. The van der Waals surface area contributed by atoms with Gasteiger partial charge in [-0.1, -0.05) is 0 Å². The molecule has 28 heavy (non-hydrogen) atoms. The molecule has 9 heteroatoms. The van der Waals surface area contributed by atoms with E-state index in [4.69, 9.17) is 15.2 Å². The van der Waals surface area contributed by atoms with E-state index in [0.29, 0.717) is 42.6 Å². The van der Waals surface area contributed by atoms with Gasteiger partial charge < -0.3 is 20.5 Å². The Labute approximate surface area is 167 Å². The summed E-state index contributed by atoms with van der Waals surface area (Å²) in [6.45, 7) is 1.65. The molecular weight excluding hydrogens is 380 g/mol. The van der Waals surface area contributed by atoms with E-state index >= 15 is 0 Å². The standard InChI is InChI=1S/C19H24N4O4S/c1-26-13-3-4-14(16(9-13)27-2)15-11-28-19(21-15)22-17(24)10-23-7-5-12(6-8-23)18(20)25/h3-4,9,11-12H,5-8,10H2,1-2H3,(H2,20,25)(H,21,22,24). The van der Waals surface area contributed by atoms with Crippen LogP contribution in [0.15, 0.2) is 23.6 Å². The minimum absolute atomic E-state index is 0.0830. The van der Waals surface area contributed by atoms with Crippen molar-refractivity contribution in [3.63, 3.8) is 0 Å². The Morgan fingerprint density at radius 3 is 2.68 bits per heavy atom. The summed E-state index contributed by atoms with van der Waals surface area (Å²) < 4.78 is 10.6. The number of rotatable bonds is 7. The van der Waals surface area contributed by atoms with Gasteiger partial charge in [-0.2, -0.15) is 0 Å². The second-order valence-corrected chi connectivity index (χ2v) is 7.46. The average molecular weight is 404 g/mol. The number of thiazole rings is 1. The number of nitrogens with zero attached hydrogens (tertiary/aromatic N) is 2. The molecule has 0 bridgehead atoms. The Hall–Kier alpha value is -2.65. The van der Waals surface area contributed by atoms with Crippen LogP contribution >= 0.6 is 11.3 Å². The number of ether oxygens (including phenoxy) is 2. The molecule has 0 spiro atoms. The largest absolute Gasteiger partial charge is 0.497 e. The van der Waals surface area contributed by atoms with Gasteiger partial charge in [0.25, 0.3) is 0 Å². The molecule has 1 aromatic carbocycles. The minimum atomic E-state index is -0.256. The van der Waals surface area contributed by atoms with Crippen molar-refractivity contribution in [2.45, 2.75) is 12.8 Å². The van der Waals surface area contributed by atoms with E-state index in [1.54, 1.807) is 20.3 Å². The second-order valence-electron chi connectivity index (χ2n) is 6.61. The summed E-state index contributed by atoms with van der Waals surface area (Å²) in [7, 11) is 3.19. The summed E-state index contributed by atoms with van der Waals surface area (Å²) in [5, 5.41) is 5.25. The number of benzene rings is 1. The Kier molecular flexibility index (Phi) is 6.48. The van der Waals surface area contributed by atoms with Gasteiger partial charge in [0, 0.05) is 22.9 Å². The fourth-order valence-corrected chi connectivity index (χ4v) is 3.93. The van der Waals surface area contributed by atoms with Crippen LogP contribution < -0.4 is 20.5 Å². The molecule has 0 aliphatic carbocycles. The van der Waals surface area contributed by atoms with Crippen LogP contribution in [-0.4, -0.2) is 55.6 Å². The first-order valence-corrected chi connectivity index (χ1v) is 9.87. The van der Waals surface area contributed by atoms with Gasteiger partial charge >= 0.3 is 0 Å². The molecular formula is C19H24N4O4S. The number of carbonyl (C=O) groups excluding carboxylic acids is 2. The molecule has 1 aromatic heterocycles. The van der Waals surface area contributed by atoms with Crippen molar-refractivity contribution in [2.24, 2.45) is 11.7 Å². The number of methoxy groups -OCH3 is 2. The number of carbonyl (C=O) groups is 2. The van der Waals surface area contributed by atoms with Gasteiger partial charge in [-0.3, -0.25) is 14.5 Å². The Morgan fingerprint density at radius 1 is 1.29 bits per heavy atom. The number of nitrogens with two attached hydrogens (primary N) is 1. The lowest BCUT2D eigenvalue weighted by molar-refractivity contribution is -0.123. The van der Waals surface area contributed by atoms with Gasteiger partial charge in [0.2, 0.25) is 11.8 Å². The van der Waals surface area contributed by atoms with Crippen LogP contribution in [0.25, 0.3) is 11.3 Å². The number of aromatic nitrogens is 1. The predicted octanol–water partition coefficient (Wildman–Crippen LogP) is 1.96. The van der Waals surface area contributed by atoms with Gasteiger partial charge in [0.15, 0.2) is 5.13 Å². The minimum Gasteiger partial charge on any atom is -0.497 e. The molecule has 1 aliphatic rings. The zero-order valence-corrected chi connectivity index (χ0v) is 16.8. The number of nitrogens with one attached hydrogen (secondary N) is 1. The van der Waals surface area contributed by atoms with Crippen LogP contribution in [0.4, 0.5) is 5.13 Å². The first-order chi connectivity index (χ1) is 13.5. The molecule has 0 radical (unpaired) electrons. The quantitative estimate of drug-likeness (QED) is 0.731. The van der Waals surface area contributed by atoms with E-state index in [1.807, 2.05) is 22.4 Å². The maximum atomic E-state index is 12.3. The van der Waals surface area contributed by atoms with Crippen molar-refractivity contribution >= 4 is 28.3 Å². The van der Waals surface area contributed by atoms with Crippen LogP contribution in [0.1, 0.15) is 12.8 Å². The number of likely N-dealkylation sites (tertiary alicyclic amines) is 1. The van der Waals surface area contributed by atoms with Crippen LogP contribution in [0, 0.1) is 5.92 Å². The highest BCUT2D eigenvalue weighted by atomic mass is 32.1. The number of anilines is 1. The second kappa shape index (κ2) is 9.03. The molecule has 8 nitrogen and oxygen atoms in total. The maximum Gasteiger partial charge on any atom is 0.240 e. The molecule has 1 fully saturated rings. The zero-order chi connectivity index (χ0) is 20.1. The number of primary amides is 1. The van der Waals surface area contributed by atoms with Gasteiger partial charge in [0.05, 0.1) is 26.5 Å². The molecule has 1 aliphatic heterocycles. The maximum absolute atomic E-state index is 12.3. The van der Waals surface area contributed by atoms with Crippen molar-refractivity contribution < 1.29 is 19.1 Å². The van der Waals surface area contributed by atoms with Crippen molar-refractivity contribution in [3.8, 4) is 22.8 Å².